The Morgan fingerprint density at radius 1 is 0.760 bits per heavy atom. The maximum Gasteiger partial charge on any atom is 0.0346 e. The first-order valence-corrected chi connectivity index (χ1v) is 9.16. The van der Waals surface area contributed by atoms with E-state index in [4.69, 9.17) is 0 Å². The molecule has 2 aromatic carbocycles. The van der Waals surface area contributed by atoms with E-state index in [1.54, 1.807) is 0 Å². The fourth-order valence-electron chi connectivity index (χ4n) is 3.68. The fourth-order valence-corrected chi connectivity index (χ4v) is 3.68. The topological polar surface area (TPSA) is 16.1 Å². The standard InChI is InChI=1S/C23H24N2/c1-18(25-15-2-3-16-25)19-6-8-20(9-7-19)21-10-12-22(13-11-21)23-5-4-14-24-17-23/h4-14,17-18H,2-3,15-16H2,1H3. The molecule has 0 saturated carbocycles. The molecule has 3 aromatic rings. The summed E-state index contributed by atoms with van der Waals surface area (Å²) >= 11 is 0. The number of rotatable bonds is 4. The lowest BCUT2D eigenvalue weighted by molar-refractivity contribution is 0.263. The van der Waals surface area contributed by atoms with Gasteiger partial charge in [0.25, 0.3) is 0 Å². The third kappa shape index (κ3) is 3.49. The maximum atomic E-state index is 4.20. The smallest absolute Gasteiger partial charge is 0.0346 e. The molecule has 0 spiro atoms. The maximum absolute atomic E-state index is 4.20. The molecule has 0 N–H and O–H groups in total. The molecule has 4 rings (SSSR count). The van der Waals surface area contributed by atoms with Crippen LogP contribution in [0.1, 0.15) is 31.4 Å². The van der Waals surface area contributed by atoms with Gasteiger partial charge in [0.2, 0.25) is 0 Å². The lowest BCUT2D eigenvalue weighted by Crippen LogP contribution is -2.23. The van der Waals surface area contributed by atoms with E-state index in [1.165, 1.54) is 48.2 Å². The molecule has 1 aliphatic rings. The highest BCUT2D eigenvalue weighted by atomic mass is 15.2. The van der Waals surface area contributed by atoms with E-state index in [9.17, 15) is 0 Å². The Kier molecular flexibility index (Phi) is 4.62. The molecule has 1 atom stereocenters. The Balaban J connectivity index is 1.52. The Morgan fingerprint density at radius 2 is 1.32 bits per heavy atom. The summed E-state index contributed by atoms with van der Waals surface area (Å²) in [6.45, 7) is 4.79. The van der Waals surface area contributed by atoms with Gasteiger partial charge < -0.3 is 0 Å². The minimum Gasteiger partial charge on any atom is -0.297 e. The van der Waals surface area contributed by atoms with Crippen LogP contribution >= 0.6 is 0 Å². The largest absolute Gasteiger partial charge is 0.297 e. The molecule has 1 saturated heterocycles. The normalized spacial score (nSPS) is 16.0. The number of likely N-dealkylation sites (tertiary alicyclic amines) is 1. The van der Waals surface area contributed by atoms with Crippen molar-refractivity contribution in [3.63, 3.8) is 0 Å². The number of aromatic nitrogens is 1. The van der Waals surface area contributed by atoms with Crippen molar-refractivity contribution in [2.75, 3.05) is 13.1 Å². The second kappa shape index (κ2) is 7.20. The second-order valence-electron chi connectivity index (χ2n) is 6.86. The summed E-state index contributed by atoms with van der Waals surface area (Å²) in [4.78, 5) is 6.78. The van der Waals surface area contributed by atoms with Gasteiger partial charge in [-0.1, -0.05) is 54.6 Å². The Labute approximate surface area is 150 Å². The molecule has 2 heteroatoms. The monoisotopic (exact) mass is 328 g/mol. The van der Waals surface area contributed by atoms with Crippen molar-refractivity contribution in [2.24, 2.45) is 0 Å². The van der Waals surface area contributed by atoms with Gasteiger partial charge in [-0.15, -0.1) is 0 Å². The number of nitrogens with zero attached hydrogens (tertiary/aromatic N) is 2. The highest BCUT2D eigenvalue weighted by Crippen LogP contribution is 2.28. The Hall–Kier alpha value is -2.45. The summed E-state index contributed by atoms with van der Waals surface area (Å²) in [6.07, 6.45) is 6.39. The SMILES string of the molecule is CC(c1ccc(-c2ccc(-c3cccnc3)cc2)cc1)N1CCCC1. The highest BCUT2D eigenvalue weighted by molar-refractivity contribution is 5.70. The van der Waals surface area contributed by atoms with Gasteiger partial charge in [0.1, 0.15) is 0 Å². The van der Waals surface area contributed by atoms with Gasteiger partial charge in [-0.3, -0.25) is 9.88 Å². The fraction of sp³-hybridized carbons (Fsp3) is 0.261. The predicted octanol–water partition coefficient (Wildman–Crippen LogP) is 5.57. The van der Waals surface area contributed by atoms with E-state index < -0.39 is 0 Å². The minimum absolute atomic E-state index is 0.518. The molecule has 0 radical (unpaired) electrons. The van der Waals surface area contributed by atoms with E-state index >= 15 is 0 Å². The first-order chi connectivity index (χ1) is 12.3. The van der Waals surface area contributed by atoms with E-state index in [0.717, 1.165) is 5.56 Å². The molecule has 0 amide bonds. The number of benzene rings is 2. The zero-order valence-electron chi connectivity index (χ0n) is 14.7. The van der Waals surface area contributed by atoms with Crippen molar-refractivity contribution in [1.29, 1.82) is 0 Å². The molecule has 1 aliphatic heterocycles. The van der Waals surface area contributed by atoms with Crippen LogP contribution in [0.25, 0.3) is 22.3 Å². The van der Waals surface area contributed by atoms with Crippen molar-refractivity contribution in [1.82, 2.24) is 9.88 Å². The Bertz CT molecular complexity index is 801. The van der Waals surface area contributed by atoms with Gasteiger partial charge in [0.05, 0.1) is 0 Å². The number of pyridine rings is 1. The van der Waals surface area contributed by atoms with Gasteiger partial charge in [-0.05, 0) is 66.7 Å². The third-order valence-corrected chi connectivity index (χ3v) is 5.29. The van der Waals surface area contributed by atoms with Crippen molar-refractivity contribution < 1.29 is 0 Å². The van der Waals surface area contributed by atoms with Crippen LogP contribution in [0.3, 0.4) is 0 Å². The highest BCUT2D eigenvalue weighted by Gasteiger charge is 2.19. The van der Waals surface area contributed by atoms with Crippen molar-refractivity contribution >= 4 is 0 Å². The van der Waals surface area contributed by atoms with Crippen LogP contribution in [-0.4, -0.2) is 23.0 Å². The average molecular weight is 328 g/mol. The van der Waals surface area contributed by atoms with Gasteiger partial charge in [0, 0.05) is 18.4 Å². The Morgan fingerprint density at radius 3 is 1.88 bits per heavy atom. The summed E-state index contributed by atoms with van der Waals surface area (Å²) in [6, 6.07) is 22.4. The lowest BCUT2D eigenvalue weighted by atomic mass is 9.99. The zero-order chi connectivity index (χ0) is 17.1. The van der Waals surface area contributed by atoms with E-state index in [1.807, 2.05) is 18.5 Å². The van der Waals surface area contributed by atoms with Crippen LogP contribution in [0.15, 0.2) is 73.1 Å². The molecule has 1 aromatic heterocycles. The van der Waals surface area contributed by atoms with Gasteiger partial charge >= 0.3 is 0 Å². The molecule has 126 valence electrons. The van der Waals surface area contributed by atoms with Crippen LogP contribution in [-0.2, 0) is 0 Å². The molecular formula is C23H24N2. The molecular weight excluding hydrogens is 304 g/mol. The molecule has 25 heavy (non-hydrogen) atoms. The van der Waals surface area contributed by atoms with E-state index in [0.29, 0.717) is 6.04 Å². The van der Waals surface area contributed by atoms with Gasteiger partial charge in [-0.25, -0.2) is 0 Å². The number of hydrogen-bond acceptors (Lipinski definition) is 2. The summed E-state index contributed by atoms with van der Waals surface area (Å²) in [5.74, 6) is 0. The molecule has 0 aliphatic carbocycles. The molecule has 1 fully saturated rings. The van der Waals surface area contributed by atoms with Crippen molar-refractivity contribution in [2.45, 2.75) is 25.8 Å². The first kappa shape index (κ1) is 16.0. The second-order valence-corrected chi connectivity index (χ2v) is 6.86. The van der Waals surface area contributed by atoms with Gasteiger partial charge in [0.15, 0.2) is 0 Å². The van der Waals surface area contributed by atoms with Crippen LogP contribution in [0, 0.1) is 0 Å². The summed E-state index contributed by atoms with van der Waals surface area (Å²) in [5, 5.41) is 0. The van der Waals surface area contributed by atoms with Crippen LogP contribution in [0.2, 0.25) is 0 Å². The molecule has 2 heterocycles. The van der Waals surface area contributed by atoms with Crippen LogP contribution in [0.5, 0.6) is 0 Å². The van der Waals surface area contributed by atoms with E-state index in [2.05, 4.69) is 71.4 Å². The predicted molar refractivity (Wildman–Crippen MR) is 104 cm³/mol. The molecule has 0 bridgehead atoms. The number of hydrogen-bond donors (Lipinski definition) is 0. The summed E-state index contributed by atoms with van der Waals surface area (Å²) < 4.78 is 0. The van der Waals surface area contributed by atoms with E-state index in [-0.39, 0.29) is 0 Å². The third-order valence-electron chi connectivity index (χ3n) is 5.29. The van der Waals surface area contributed by atoms with Crippen LogP contribution in [0.4, 0.5) is 0 Å². The van der Waals surface area contributed by atoms with Crippen molar-refractivity contribution in [3.05, 3.63) is 78.6 Å². The zero-order valence-corrected chi connectivity index (χ0v) is 14.7. The summed E-state index contributed by atoms with van der Waals surface area (Å²) in [7, 11) is 0. The molecule has 1 unspecified atom stereocenters. The quantitative estimate of drug-likeness (QED) is 0.622. The minimum atomic E-state index is 0.518. The van der Waals surface area contributed by atoms with Gasteiger partial charge in [-0.2, -0.15) is 0 Å². The molecule has 2 nitrogen and oxygen atoms in total. The van der Waals surface area contributed by atoms with Crippen molar-refractivity contribution in [3.8, 4) is 22.3 Å². The lowest BCUT2D eigenvalue weighted by Gasteiger charge is -2.24. The average Bonchev–Trinajstić information content (AvgIpc) is 3.23. The van der Waals surface area contributed by atoms with Crippen LogP contribution < -0.4 is 0 Å². The summed E-state index contributed by atoms with van der Waals surface area (Å²) in [5.41, 5.74) is 6.31. The first-order valence-electron chi connectivity index (χ1n) is 9.16.